The zero-order valence-corrected chi connectivity index (χ0v) is 17.5. The number of thioether (sulfide) groups is 1. The number of hydrogen-bond acceptors (Lipinski definition) is 6. The molecule has 4 rings (SSSR count). The monoisotopic (exact) mass is 480 g/mol. The van der Waals surface area contributed by atoms with Crippen LogP contribution in [0, 0.1) is 11.7 Å². The number of aromatic nitrogens is 2. The number of carboxylic acids is 1. The van der Waals surface area contributed by atoms with Crippen LogP contribution in [0.15, 0.2) is 40.2 Å². The molecule has 1 aromatic heterocycles. The van der Waals surface area contributed by atoms with Crippen LogP contribution in [0.5, 0.6) is 0 Å². The Balaban J connectivity index is 1.74. The highest BCUT2D eigenvalue weighted by Gasteiger charge is 2.71. The topological polar surface area (TPSA) is 101 Å². The van der Waals surface area contributed by atoms with E-state index in [1.165, 1.54) is 36.7 Å². The van der Waals surface area contributed by atoms with Crippen LogP contribution < -0.4 is 5.73 Å². The highest BCUT2D eigenvalue weighted by atomic mass is 79.9. The van der Waals surface area contributed by atoms with Crippen molar-refractivity contribution in [3.8, 4) is 0 Å². The third kappa shape index (κ3) is 3.33. The largest absolute Gasteiger partial charge is 0.480 e. The SMILES string of the molecule is CC1(c2cc(C=C(F)c3cnc(Br)cn3)ccc2F)N=C(N)SC2(C(=O)O)CC21. The summed E-state index contributed by atoms with van der Waals surface area (Å²) in [5, 5.41) is 9.72. The van der Waals surface area contributed by atoms with Crippen molar-refractivity contribution in [2.75, 3.05) is 0 Å². The average Bonchev–Trinajstić information content (AvgIpc) is 3.40. The molecule has 10 heteroatoms. The van der Waals surface area contributed by atoms with Crippen molar-refractivity contribution in [3.05, 3.63) is 57.8 Å². The van der Waals surface area contributed by atoms with Crippen LogP contribution in [-0.4, -0.2) is 31.0 Å². The van der Waals surface area contributed by atoms with Crippen LogP contribution in [0.2, 0.25) is 0 Å². The molecule has 2 aliphatic rings. The van der Waals surface area contributed by atoms with E-state index in [1.54, 1.807) is 6.92 Å². The number of halogens is 3. The number of hydrogen-bond donors (Lipinski definition) is 2. The number of amidine groups is 1. The molecule has 150 valence electrons. The van der Waals surface area contributed by atoms with Crippen molar-refractivity contribution in [1.29, 1.82) is 0 Å². The van der Waals surface area contributed by atoms with E-state index in [0.717, 1.165) is 11.8 Å². The van der Waals surface area contributed by atoms with E-state index >= 15 is 0 Å². The number of carboxylic acid groups (broad SMARTS) is 1. The summed E-state index contributed by atoms with van der Waals surface area (Å²) in [7, 11) is 0. The number of benzene rings is 1. The molecule has 0 radical (unpaired) electrons. The maximum atomic E-state index is 14.7. The number of nitrogens with zero attached hydrogens (tertiary/aromatic N) is 3. The molecule has 0 saturated heterocycles. The van der Waals surface area contributed by atoms with Crippen molar-refractivity contribution >= 4 is 50.7 Å². The van der Waals surface area contributed by atoms with Crippen molar-refractivity contribution in [3.63, 3.8) is 0 Å². The lowest BCUT2D eigenvalue weighted by Gasteiger charge is -2.33. The van der Waals surface area contributed by atoms with Gasteiger partial charge in [0.05, 0.1) is 17.9 Å². The van der Waals surface area contributed by atoms with Crippen LogP contribution in [-0.2, 0) is 10.3 Å². The Morgan fingerprint density at radius 3 is 2.83 bits per heavy atom. The molecule has 1 saturated carbocycles. The summed E-state index contributed by atoms with van der Waals surface area (Å²) in [5.41, 5.74) is 5.33. The molecule has 3 atom stereocenters. The van der Waals surface area contributed by atoms with Gasteiger partial charge in [-0.05, 0) is 53.0 Å². The second kappa shape index (κ2) is 6.88. The summed E-state index contributed by atoms with van der Waals surface area (Å²) in [6.07, 6.45) is 4.19. The molecule has 29 heavy (non-hydrogen) atoms. The molecule has 2 aromatic rings. The lowest BCUT2D eigenvalue weighted by molar-refractivity contribution is -0.137. The summed E-state index contributed by atoms with van der Waals surface area (Å²) in [4.78, 5) is 24.0. The Hall–Kier alpha value is -2.33. The fourth-order valence-electron chi connectivity index (χ4n) is 3.73. The molecule has 1 fully saturated rings. The van der Waals surface area contributed by atoms with E-state index in [9.17, 15) is 18.7 Å². The molecule has 6 nitrogen and oxygen atoms in total. The predicted octanol–water partition coefficient (Wildman–Crippen LogP) is 3.97. The number of aliphatic imine (C=N–C) groups is 1. The quantitative estimate of drug-likeness (QED) is 0.686. The number of nitrogens with two attached hydrogens (primary N) is 1. The predicted molar refractivity (Wildman–Crippen MR) is 110 cm³/mol. The maximum absolute atomic E-state index is 14.7. The lowest BCUT2D eigenvalue weighted by atomic mass is 9.85. The minimum absolute atomic E-state index is 0.0358. The summed E-state index contributed by atoms with van der Waals surface area (Å²) >= 11 is 4.14. The molecule has 1 aliphatic carbocycles. The van der Waals surface area contributed by atoms with Gasteiger partial charge in [0.25, 0.3) is 0 Å². The Morgan fingerprint density at radius 2 is 2.17 bits per heavy atom. The van der Waals surface area contributed by atoms with Gasteiger partial charge in [-0.15, -0.1) is 0 Å². The van der Waals surface area contributed by atoms with Crippen LogP contribution >= 0.6 is 27.7 Å². The van der Waals surface area contributed by atoms with Gasteiger partial charge in [0.15, 0.2) is 11.0 Å². The van der Waals surface area contributed by atoms with Crippen LogP contribution in [0.3, 0.4) is 0 Å². The van der Waals surface area contributed by atoms with E-state index in [1.807, 2.05) is 0 Å². The van der Waals surface area contributed by atoms with E-state index in [0.29, 0.717) is 16.6 Å². The molecule has 0 amide bonds. The Labute approximate surface area is 177 Å². The van der Waals surface area contributed by atoms with Gasteiger partial charge in [0.2, 0.25) is 0 Å². The molecule has 0 spiro atoms. The number of rotatable bonds is 4. The van der Waals surface area contributed by atoms with E-state index in [2.05, 4.69) is 30.9 Å². The zero-order chi connectivity index (χ0) is 21.0. The normalized spacial score (nSPS) is 28.5. The van der Waals surface area contributed by atoms with Crippen molar-refractivity contribution < 1.29 is 18.7 Å². The first-order chi connectivity index (χ1) is 13.7. The van der Waals surface area contributed by atoms with Gasteiger partial charge in [-0.2, -0.15) is 0 Å². The molecule has 1 aliphatic heterocycles. The smallest absolute Gasteiger partial charge is 0.320 e. The molecular formula is C19H15BrF2N4O2S. The van der Waals surface area contributed by atoms with Crippen molar-refractivity contribution in [1.82, 2.24) is 9.97 Å². The number of aliphatic carboxylic acids is 1. The molecule has 0 bridgehead atoms. The van der Waals surface area contributed by atoms with Crippen molar-refractivity contribution in [2.24, 2.45) is 16.6 Å². The fraction of sp³-hybridized carbons (Fsp3) is 0.263. The van der Waals surface area contributed by atoms with Gasteiger partial charge in [-0.1, -0.05) is 17.8 Å². The zero-order valence-electron chi connectivity index (χ0n) is 15.1. The Morgan fingerprint density at radius 1 is 1.41 bits per heavy atom. The molecule has 1 aromatic carbocycles. The first-order valence-electron chi connectivity index (χ1n) is 8.58. The molecular weight excluding hydrogens is 466 g/mol. The third-order valence-electron chi connectivity index (χ3n) is 5.27. The maximum Gasteiger partial charge on any atom is 0.320 e. The Bertz CT molecular complexity index is 1080. The first kappa shape index (κ1) is 20.0. The summed E-state index contributed by atoms with van der Waals surface area (Å²) in [6.45, 7) is 1.66. The minimum Gasteiger partial charge on any atom is -0.480 e. The second-order valence-corrected chi connectivity index (χ2v) is 9.27. The van der Waals surface area contributed by atoms with Gasteiger partial charge in [-0.25, -0.2) is 18.7 Å². The van der Waals surface area contributed by atoms with E-state index in [-0.39, 0.29) is 16.4 Å². The third-order valence-corrected chi connectivity index (χ3v) is 6.97. The van der Waals surface area contributed by atoms with E-state index < -0.39 is 33.8 Å². The summed E-state index contributed by atoms with van der Waals surface area (Å²) < 4.78 is 28.7. The van der Waals surface area contributed by atoms with Gasteiger partial charge < -0.3 is 10.8 Å². The average molecular weight is 481 g/mol. The highest BCUT2D eigenvalue weighted by Crippen LogP contribution is 2.66. The lowest BCUT2D eigenvalue weighted by Crippen LogP contribution is -2.39. The molecule has 3 unspecified atom stereocenters. The minimum atomic E-state index is -1.16. The first-order valence-corrected chi connectivity index (χ1v) is 10.2. The standard InChI is InChI=1S/C19H15BrF2N4O2S/c1-18(14-6-19(14,16(27)28)29-17(23)26-18)10-4-9(2-3-11(10)21)5-12(22)13-7-25-15(20)8-24-13/h2-5,7-8,14H,6H2,1H3,(H2,23,26)(H,27,28). The summed E-state index contributed by atoms with van der Waals surface area (Å²) in [6, 6.07) is 4.11. The van der Waals surface area contributed by atoms with Gasteiger partial charge in [-0.3, -0.25) is 9.79 Å². The van der Waals surface area contributed by atoms with E-state index in [4.69, 9.17) is 5.73 Å². The van der Waals surface area contributed by atoms with Gasteiger partial charge in [0.1, 0.15) is 20.9 Å². The molecule has 3 N–H and O–H groups in total. The van der Waals surface area contributed by atoms with Crippen LogP contribution in [0.4, 0.5) is 8.78 Å². The number of fused-ring (bicyclic) bond motifs is 1. The summed E-state index contributed by atoms with van der Waals surface area (Å²) in [5.74, 6) is -2.60. The Kier molecular flexibility index (Phi) is 4.73. The fourth-order valence-corrected chi connectivity index (χ4v) is 5.25. The van der Waals surface area contributed by atoms with Crippen LogP contribution in [0.1, 0.15) is 30.2 Å². The molecule has 2 heterocycles. The van der Waals surface area contributed by atoms with Gasteiger partial charge >= 0.3 is 5.97 Å². The van der Waals surface area contributed by atoms with Crippen molar-refractivity contribution in [2.45, 2.75) is 23.6 Å². The number of carbonyl (C=O) groups is 1. The van der Waals surface area contributed by atoms with Crippen LogP contribution in [0.25, 0.3) is 11.9 Å². The van der Waals surface area contributed by atoms with Gasteiger partial charge in [0, 0.05) is 11.5 Å². The second-order valence-electron chi connectivity index (χ2n) is 7.11. The highest BCUT2D eigenvalue weighted by molar-refractivity contribution is 9.10.